The molecule has 0 radical (unpaired) electrons. The third-order valence-corrected chi connectivity index (χ3v) is 9.76. The smallest absolute Gasteiger partial charge is 0.319 e. The number of amides is 4. The number of halogens is 1. The molecule has 3 aromatic rings. The molecule has 2 saturated heterocycles. The van der Waals surface area contributed by atoms with Gasteiger partial charge < -0.3 is 25.2 Å². The van der Waals surface area contributed by atoms with E-state index in [1.807, 2.05) is 30.3 Å². The summed E-state index contributed by atoms with van der Waals surface area (Å²) in [6.07, 6.45) is 3.82. The van der Waals surface area contributed by atoms with Gasteiger partial charge in [-0.05, 0) is 80.3 Å². The van der Waals surface area contributed by atoms with Crippen molar-refractivity contribution >= 4 is 62.6 Å². The zero-order valence-electron chi connectivity index (χ0n) is 24.4. The Hall–Kier alpha value is -3.91. The summed E-state index contributed by atoms with van der Waals surface area (Å²) in [4.78, 5) is 42.7. The average molecular weight is 672 g/mol. The first-order valence-corrected chi connectivity index (χ1v) is 17.3. The Kier molecular flexibility index (Phi) is 10.8. The van der Waals surface area contributed by atoms with Crippen LogP contribution in [0, 0.1) is 0 Å². The van der Waals surface area contributed by atoms with E-state index < -0.39 is 28.0 Å². The van der Waals surface area contributed by atoms with Gasteiger partial charge in [-0.1, -0.05) is 29.8 Å². The van der Waals surface area contributed by atoms with Crippen molar-refractivity contribution in [3.05, 3.63) is 81.4 Å². The minimum atomic E-state index is -3.89. The predicted octanol–water partition coefficient (Wildman–Crippen LogP) is 4.89. The fourth-order valence-corrected chi connectivity index (χ4v) is 7.34. The van der Waals surface area contributed by atoms with Crippen LogP contribution < -0.4 is 20.1 Å². The number of urea groups is 1. The molecule has 4 amide bonds. The predicted molar refractivity (Wildman–Crippen MR) is 175 cm³/mol. The lowest BCUT2D eigenvalue weighted by atomic mass is 10.1. The van der Waals surface area contributed by atoms with Crippen molar-refractivity contribution in [3.63, 3.8) is 0 Å². The van der Waals surface area contributed by atoms with Crippen LogP contribution in [-0.4, -0.2) is 74.3 Å². The molecule has 2 aromatic carbocycles. The molecule has 0 aliphatic carbocycles. The first-order chi connectivity index (χ1) is 21.6. The number of carbonyl (C=O) groups is 3. The lowest BCUT2D eigenvalue weighted by Gasteiger charge is -2.34. The van der Waals surface area contributed by atoms with E-state index >= 15 is 0 Å². The quantitative estimate of drug-likeness (QED) is 0.266. The molecule has 3 N–H and O–H groups in total. The van der Waals surface area contributed by atoms with E-state index in [0.29, 0.717) is 52.3 Å². The highest BCUT2D eigenvalue weighted by Crippen LogP contribution is 2.24. The first kappa shape index (κ1) is 32.5. The number of piperidine rings is 1. The summed E-state index contributed by atoms with van der Waals surface area (Å²) in [5.41, 5.74) is 0.590. The van der Waals surface area contributed by atoms with Crippen LogP contribution in [0.5, 0.6) is 11.5 Å². The van der Waals surface area contributed by atoms with Crippen molar-refractivity contribution in [2.75, 3.05) is 31.5 Å². The average Bonchev–Trinajstić information content (AvgIpc) is 3.67. The molecule has 0 saturated carbocycles. The van der Waals surface area contributed by atoms with Crippen LogP contribution in [0.1, 0.15) is 30.6 Å². The number of hydrogen-bond donors (Lipinski definition) is 3. The van der Waals surface area contributed by atoms with Crippen LogP contribution in [0.3, 0.4) is 0 Å². The number of nitrogens with zero attached hydrogens (tertiary/aromatic N) is 2. The number of thiophene rings is 1. The van der Waals surface area contributed by atoms with Crippen molar-refractivity contribution in [1.29, 1.82) is 0 Å². The molecule has 11 nitrogen and oxygen atoms in total. The van der Waals surface area contributed by atoms with Crippen molar-refractivity contribution in [3.8, 4) is 11.5 Å². The minimum absolute atomic E-state index is 0.152. The van der Waals surface area contributed by atoms with Gasteiger partial charge in [-0.25, -0.2) is 13.2 Å². The van der Waals surface area contributed by atoms with Gasteiger partial charge in [-0.2, -0.15) is 4.72 Å². The van der Waals surface area contributed by atoms with E-state index in [-0.39, 0.29) is 25.0 Å². The Morgan fingerprint density at radius 2 is 1.71 bits per heavy atom. The number of anilines is 1. The van der Waals surface area contributed by atoms with Gasteiger partial charge in [0.15, 0.2) is 0 Å². The second-order valence-electron chi connectivity index (χ2n) is 10.7. The number of nitrogens with one attached hydrogen (secondary N) is 3. The van der Waals surface area contributed by atoms with Gasteiger partial charge in [-0.3, -0.25) is 9.59 Å². The fourth-order valence-electron chi connectivity index (χ4n) is 5.27. The Bertz CT molecular complexity index is 1630. The summed E-state index contributed by atoms with van der Waals surface area (Å²) in [7, 11) is -3.89. The van der Waals surface area contributed by atoms with Crippen LogP contribution in [0.4, 0.5) is 10.5 Å². The number of likely N-dealkylation sites (tertiary alicyclic amines) is 2. The maximum Gasteiger partial charge on any atom is 0.319 e. The first-order valence-electron chi connectivity index (χ1n) is 14.6. The Morgan fingerprint density at radius 1 is 0.978 bits per heavy atom. The molecule has 0 bridgehead atoms. The summed E-state index contributed by atoms with van der Waals surface area (Å²) in [6.45, 7) is 0.984. The molecule has 2 atom stereocenters. The maximum absolute atomic E-state index is 13.3. The molecule has 3 heterocycles. The summed E-state index contributed by atoms with van der Waals surface area (Å²) < 4.78 is 34.0. The van der Waals surface area contributed by atoms with Crippen LogP contribution >= 0.6 is 22.9 Å². The van der Waals surface area contributed by atoms with Gasteiger partial charge in [0.05, 0.1) is 10.9 Å². The van der Waals surface area contributed by atoms with E-state index in [1.165, 1.54) is 22.3 Å². The molecule has 2 fully saturated rings. The third-order valence-electron chi connectivity index (χ3n) is 7.46. The molecule has 45 heavy (non-hydrogen) atoms. The molecule has 0 spiro atoms. The van der Waals surface area contributed by atoms with Gasteiger partial charge in [0.2, 0.25) is 21.8 Å². The molecule has 0 unspecified atom stereocenters. The standard InChI is InChI=1S/C31H34ClN5O6S2/c32-28-15-14-26(44-28)16-19-45(41,42)35-27-9-5-17-36(30(27)39)21-29(38)37-18-4-6-23(37)20-33-31(40)34-22-10-12-25(13-11-22)43-24-7-2-1-3-8-24/h1-3,7-8,10-16,19,23,27,35H,4-6,9,17-18,20-21H2,(H2,33,34,40)/t23-,27+/m1/s1. The van der Waals surface area contributed by atoms with Gasteiger partial charge in [0.25, 0.3) is 0 Å². The molecule has 2 aliphatic heterocycles. The number of sulfonamides is 1. The van der Waals surface area contributed by atoms with Crippen LogP contribution in [0.15, 0.2) is 72.1 Å². The number of ether oxygens (including phenoxy) is 1. The number of rotatable bonds is 11. The highest BCUT2D eigenvalue weighted by molar-refractivity contribution is 7.92. The molecule has 14 heteroatoms. The Morgan fingerprint density at radius 3 is 2.44 bits per heavy atom. The number of carbonyl (C=O) groups excluding carboxylic acids is 3. The van der Waals surface area contributed by atoms with Crippen molar-refractivity contribution in [2.45, 2.75) is 37.8 Å². The van der Waals surface area contributed by atoms with Crippen LogP contribution in [0.2, 0.25) is 4.34 Å². The molecular formula is C31H34ClN5O6S2. The van der Waals surface area contributed by atoms with Gasteiger partial charge in [0.1, 0.15) is 17.5 Å². The lowest BCUT2D eigenvalue weighted by molar-refractivity contribution is -0.143. The zero-order chi connectivity index (χ0) is 31.8. The van der Waals surface area contributed by atoms with Gasteiger partial charge >= 0.3 is 6.03 Å². The summed E-state index contributed by atoms with van der Waals surface area (Å²) in [6, 6.07) is 18.2. The normalized spacial score (nSPS) is 18.7. The number of hydrogen-bond acceptors (Lipinski definition) is 7. The zero-order valence-corrected chi connectivity index (χ0v) is 26.7. The lowest BCUT2D eigenvalue weighted by Crippen LogP contribution is -2.55. The summed E-state index contributed by atoms with van der Waals surface area (Å²) >= 11 is 7.14. The molecule has 5 rings (SSSR count). The monoisotopic (exact) mass is 671 g/mol. The van der Waals surface area contributed by atoms with E-state index in [0.717, 1.165) is 18.2 Å². The van der Waals surface area contributed by atoms with Gasteiger partial charge in [-0.15, -0.1) is 11.3 Å². The van der Waals surface area contributed by atoms with E-state index in [1.54, 1.807) is 41.3 Å². The largest absolute Gasteiger partial charge is 0.457 e. The Balaban J connectivity index is 1.08. The molecule has 238 valence electrons. The van der Waals surface area contributed by atoms with Crippen LogP contribution in [0.25, 0.3) is 6.08 Å². The summed E-state index contributed by atoms with van der Waals surface area (Å²) in [5, 5.41) is 6.64. The molecule has 2 aliphatic rings. The fraction of sp³-hybridized carbons (Fsp3) is 0.323. The Labute approximate surface area is 271 Å². The highest BCUT2D eigenvalue weighted by Gasteiger charge is 2.35. The highest BCUT2D eigenvalue weighted by atomic mass is 35.5. The number of para-hydroxylation sites is 1. The third kappa shape index (κ3) is 9.30. The second-order valence-corrected chi connectivity index (χ2v) is 14.1. The maximum atomic E-state index is 13.3. The topological polar surface area (TPSA) is 137 Å². The van der Waals surface area contributed by atoms with E-state index in [9.17, 15) is 22.8 Å². The molecule has 1 aromatic heterocycles. The SMILES string of the molecule is O=C(NC[C@H]1CCCN1C(=O)CN1CCC[C@H](NS(=O)(=O)C=Cc2ccc(Cl)s2)C1=O)Nc1ccc(Oc2ccccc2)cc1. The van der Waals surface area contributed by atoms with E-state index in [2.05, 4.69) is 15.4 Å². The van der Waals surface area contributed by atoms with E-state index in [4.69, 9.17) is 16.3 Å². The van der Waals surface area contributed by atoms with Gasteiger partial charge in [0, 0.05) is 41.6 Å². The second kappa shape index (κ2) is 14.9. The summed E-state index contributed by atoms with van der Waals surface area (Å²) in [5.74, 6) is 0.684. The van der Waals surface area contributed by atoms with Crippen molar-refractivity contribution in [1.82, 2.24) is 19.8 Å². The van der Waals surface area contributed by atoms with Crippen molar-refractivity contribution < 1.29 is 27.5 Å². The van der Waals surface area contributed by atoms with Crippen LogP contribution in [-0.2, 0) is 19.6 Å². The minimum Gasteiger partial charge on any atom is -0.457 e. The molecular weight excluding hydrogens is 638 g/mol. The van der Waals surface area contributed by atoms with Crippen molar-refractivity contribution in [2.24, 2.45) is 0 Å². The number of benzene rings is 2.